The molecule has 2 aromatic rings. The summed E-state index contributed by atoms with van der Waals surface area (Å²) in [6, 6.07) is 6.10. The van der Waals surface area contributed by atoms with Crippen molar-refractivity contribution in [3.8, 4) is 11.5 Å². The molecule has 1 aromatic heterocycles. The highest BCUT2D eigenvalue weighted by Crippen LogP contribution is 2.24. The fourth-order valence-electron chi connectivity index (χ4n) is 1.41. The molecular formula is C12H12N2O5S2. The summed E-state index contributed by atoms with van der Waals surface area (Å²) in [5.41, 5.74) is 0.597. The van der Waals surface area contributed by atoms with Crippen molar-refractivity contribution in [2.24, 2.45) is 0 Å². The molecule has 0 saturated heterocycles. The summed E-state index contributed by atoms with van der Waals surface area (Å²) in [4.78, 5) is 11.2. The first-order valence-electron chi connectivity index (χ1n) is 5.74. The molecule has 112 valence electrons. The van der Waals surface area contributed by atoms with E-state index in [-0.39, 0.29) is 21.8 Å². The zero-order valence-corrected chi connectivity index (χ0v) is 12.9. The van der Waals surface area contributed by atoms with Crippen molar-refractivity contribution >= 4 is 27.6 Å². The SMILES string of the molecule is COC(=O)CSc1nnc(-c2ccc(S(C)(=O)=O)cc2)o1. The number of hydrogen-bond acceptors (Lipinski definition) is 8. The number of ether oxygens (including phenoxy) is 1. The standard InChI is InChI=1S/C12H12N2O5S2/c1-18-10(15)7-20-12-14-13-11(19-12)8-3-5-9(6-4-8)21(2,16)17/h3-6H,7H2,1-2H3. The fraction of sp³-hybridized carbons (Fsp3) is 0.250. The monoisotopic (exact) mass is 328 g/mol. The Morgan fingerprint density at radius 1 is 1.29 bits per heavy atom. The predicted molar refractivity (Wildman–Crippen MR) is 75.6 cm³/mol. The van der Waals surface area contributed by atoms with Gasteiger partial charge in [0, 0.05) is 11.8 Å². The largest absolute Gasteiger partial charge is 0.468 e. The Bertz CT molecular complexity index is 737. The second-order valence-corrected chi connectivity index (χ2v) is 6.98. The van der Waals surface area contributed by atoms with Crippen molar-refractivity contribution < 1.29 is 22.4 Å². The number of nitrogens with zero attached hydrogens (tertiary/aromatic N) is 2. The Labute approximate surface area is 125 Å². The van der Waals surface area contributed by atoms with Crippen LogP contribution in [0.15, 0.2) is 38.8 Å². The maximum Gasteiger partial charge on any atom is 0.316 e. The molecule has 0 unspecified atom stereocenters. The molecule has 0 fully saturated rings. The minimum absolute atomic E-state index is 0.0746. The second-order valence-electron chi connectivity index (χ2n) is 4.03. The van der Waals surface area contributed by atoms with E-state index in [1.54, 1.807) is 12.1 Å². The molecule has 0 aliphatic rings. The number of benzene rings is 1. The molecule has 0 N–H and O–H groups in total. The van der Waals surface area contributed by atoms with E-state index in [0.717, 1.165) is 18.0 Å². The molecule has 0 aliphatic carbocycles. The molecule has 0 amide bonds. The van der Waals surface area contributed by atoms with Gasteiger partial charge >= 0.3 is 5.97 Å². The van der Waals surface area contributed by atoms with Crippen LogP contribution in [0.25, 0.3) is 11.5 Å². The maximum absolute atomic E-state index is 11.4. The number of esters is 1. The highest BCUT2D eigenvalue weighted by Gasteiger charge is 2.12. The number of sulfone groups is 1. The summed E-state index contributed by atoms with van der Waals surface area (Å²) in [6.07, 6.45) is 1.14. The highest BCUT2D eigenvalue weighted by atomic mass is 32.2. The van der Waals surface area contributed by atoms with Gasteiger partial charge in [0.2, 0.25) is 5.89 Å². The first-order chi connectivity index (χ1) is 9.90. The molecule has 0 atom stereocenters. The average molecular weight is 328 g/mol. The van der Waals surface area contributed by atoms with Gasteiger partial charge in [0.25, 0.3) is 5.22 Å². The predicted octanol–water partition coefficient (Wildman–Crippen LogP) is 1.41. The van der Waals surface area contributed by atoms with Crippen LogP contribution in [0.1, 0.15) is 0 Å². The smallest absolute Gasteiger partial charge is 0.316 e. The van der Waals surface area contributed by atoms with E-state index in [0.29, 0.717) is 5.56 Å². The van der Waals surface area contributed by atoms with Gasteiger partial charge in [0.1, 0.15) is 5.75 Å². The number of carbonyl (C=O) groups excluding carboxylic acids is 1. The third-order valence-corrected chi connectivity index (χ3v) is 4.40. The van der Waals surface area contributed by atoms with Gasteiger partial charge in [-0.15, -0.1) is 10.2 Å². The quantitative estimate of drug-likeness (QED) is 0.600. The third kappa shape index (κ3) is 4.05. The number of hydrogen-bond donors (Lipinski definition) is 0. The van der Waals surface area contributed by atoms with Crippen molar-refractivity contribution in [2.45, 2.75) is 10.1 Å². The summed E-state index contributed by atoms with van der Waals surface area (Å²) in [5.74, 6) is -0.0646. The summed E-state index contributed by atoms with van der Waals surface area (Å²) in [7, 11) is -1.94. The van der Waals surface area contributed by atoms with E-state index in [1.165, 1.54) is 19.2 Å². The minimum atomic E-state index is -3.24. The minimum Gasteiger partial charge on any atom is -0.468 e. The van der Waals surface area contributed by atoms with Gasteiger partial charge in [-0.3, -0.25) is 4.79 Å². The van der Waals surface area contributed by atoms with Crippen LogP contribution >= 0.6 is 11.8 Å². The zero-order valence-electron chi connectivity index (χ0n) is 11.3. The van der Waals surface area contributed by atoms with E-state index in [1.807, 2.05) is 0 Å². The molecular weight excluding hydrogens is 316 g/mol. The molecule has 9 heteroatoms. The number of rotatable bonds is 5. The number of carbonyl (C=O) groups is 1. The lowest BCUT2D eigenvalue weighted by Gasteiger charge is -1.99. The zero-order chi connectivity index (χ0) is 15.5. The van der Waals surface area contributed by atoms with Crippen molar-refractivity contribution in [3.05, 3.63) is 24.3 Å². The van der Waals surface area contributed by atoms with Gasteiger partial charge in [-0.2, -0.15) is 0 Å². The summed E-state index contributed by atoms with van der Waals surface area (Å²) in [5, 5.41) is 7.87. The molecule has 0 saturated carbocycles. The summed E-state index contributed by atoms with van der Waals surface area (Å²) < 4.78 is 32.6. The van der Waals surface area contributed by atoms with Crippen LogP contribution in [0.4, 0.5) is 0 Å². The van der Waals surface area contributed by atoms with Crippen LogP contribution in [0.3, 0.4) is 0 Å². The van der Waals surface area contributed by atoms with Crippen LogP contribution in [0.5, 0.6) is 0 Å². The van der Waals surface area contributed by atoms with Gasteiger partial charge in [-0.1, -0.05) is 11.8 Å². The molecule has 0 radical (unpaired) electrons. The number of aromatic nitrogens is 2. The Kier molecular flexibility index (Phi) is 4.63. The highest BCUT2D eigenvalue weighted by molar-refractivity contribution is 7.99. The van der Waals surface area contributed by atoms with E-state index >= 15 is 0 Å². The third-order valence-electron chi connectivity index (χ3n) is 2.48. The molecule has 0 spiro atoms. The van der Waals surface area contributed by atoms with Crippen LogP contribution in [0.2, 0.25) is 0 Å². The second kappa shape index (κ2) is 6.27. The Morgan fingerprint density at radius 2 is 1.95 bits per heavy atom. The van der Waals surface area contributed by atoms with Gasteiger partial charge < -0.3 is 9.15 Å². The van der Waals surface area contributed by atoms with E-state index in [4.69, 9.17) is 4.42 Å². The van der Waals surface area contributed by atoms with Crippen molar-refractivity contribution in [3.63, 3.8) is 0 Å². The van der Waals surface area contributed by atoms with Gasteiger partial charge in [-0.25, -0.2) is 8.42 Å². The average Bonchev–Trinajstić information content (AvgIpc) is 2.93. The van der Waals surface area contributed by atoms with E-state index in [9.17, 15) is 13.2 Å². The van der Waals surface area contributed by atoms with E-state index < -0.39 is 15.8 Å². The van der Waals surface area contributed by atoms with Gasteiger partial charge in [0.15, 0.2) is 9.84 Å². The fourth-order valence-corrected chi connectivity index (χ4v) is 2.64. The molecule has 1 aromatic carbocycles. The lowest BCUT2D eigenvalue weighted by molar-refractivity contribution is -0.137. The lowest BCUT2D eigenvalue weighted by Crippen LogP contribution is -2.02. The lowest BCUT2D eigenvalue weighted by atomic mass is 10.2. The molecule has 0 aliphatic heterocycles. The van der Waals surface area contributed by atoms with Crippen molar-refractivity contribution in [2.75, 3.05) is 19.1 Å². The normalized spacial score (nSPS) is 11.3. The Morgan fingerprint density at radius 3 is 2.52 bits per heavy atom. The first kappa shape index (κ1) is 15.5. The van der Waals surface area contributed by atoms with Crippen LogP contribution < -0.4 is 0 Å². The maximum atomic E-state index is 11.4. The Balaban J connectivity index is 2.12. The molecule has 7 nitrogen and oxygen atoms in total. The first-order valence-corrected chi connectivity index (χ1v) is 8.61. The topological polar surface area (TPSA) is 99.4 Å². The summed E-state index contributed by atoms with van der Waals surface area (Å²) >= 11 is 1.07. The van der Waals surface area contributed by atoms with Crippen molar-refractivity contribution in [1.29, 1.82) is 0 Å². The Hall–Kier alpha value is -1.87. The number of thioether (sulfide) groups is 1. The van der Waals surface area contributed by atoms with Gasteiger partial charge in [-0.05, 0) is 24.3 Å². The van der Waals surface area contributed by atoms with Crippen LogP contribution in [-0.4, -0.2) is 43.7 Å². The molecule has 1 heterocycles. The molecule has 21 heavy (non-hydrogen) atoms. The van der Waals surface area contributed by atoms with Crippen molar-refractivity contribution in [1.82, 2.24) is 10.2 Å². The molecule has 2 rings (SSSR count). The van der Waals surface area contributed by atoms with Gasteiger partial charge in [0.05, 0.1) is 12.0 Å². The molecule has 0 bridgehead atoms. The summed E-state index contributed by atoms with van der Waals surface area (Å²) in [6.45, 7) is 0. The number of methoxy groups -OCH3 is 1. The van der Waals surface area contributed by atoms with Crippen LogP contribution in [0, 0.1) is 0 Å². The van der Waals surface area contributed by atoms with E-state index in [2.05, 4.69) is 14.9 Å². The van der Waals surface area contributed by atoms with Crippen LogP contribution in [-0.2, 0) is 19.4 Å².